The molecule has 0 aliphatic carbocycles. The predicted molar refractivity (Wildman–Crippen MR) is 107 cm³/mol. The van der Waals surface area contributed by atoms with E-state index in [0.717, 1.165) is 21.8 Å². The molecular weight excluding hydrogens is 456 g/mol. The second kappa shape index (κ2) is 8.60. The normalized spacial score (nSPS) is 11.4. The molecule has 0 unspecified atom stereocenters. The summed E-state index contributed by atoms with van der Waals surface area (Å²) in [7, 11) is 1.52. The molecule has 0 aliphatic heterocycles. The quantitative estimate of drug-likeness (QED) is 0.385. The summed E-state index contributed by atoms with van der Waals surface area (Å²) in [5.41, 5.74) is 1.26. The molecule has 2 aromatic carbocycles. The fraction of sp³-hybridized carbons (Fsp3) is 0.0556. The van der Waals surface area contributed by atoms with Crippen LogP contribution < -0.4 is 4.74 Å². The molecule has 27 heavy (non-hydrogen) atoms. The minimum atomic E-state index is -1.09. The monoisotopic (exact) mass is 466 g/mol. The molecule has 0 spiro atoms. The van der Waals surface area contributed by atoms with Crippen LogP contribution in [0.15, 0.2) is 61.5 Å². The molecular formula is C18H12BrClN2O4S. The third kappa shape index (κ3) is 4.91. The Bertz CT molecular complexity index is 1000. The maximum Gasteiger partial charge on any atom is 0.342 e. The Kier molecular flexibility index (Phi) is 6.20. The topological polar surface area (TPSA) is 85.5 Å². The summed E-state index contributed by atoms with van der Waals surface area (Å²) < 4.78 is 11.8. The minimum Gasteiger partial charge on any atom is -0.496 e. The first-order valence-electron chi connectivity index (χ1n) is 7.52. The number of benzene rings is 2. The molecule has 0 bridgehead atoms. The number of methoxy groups -OCH3 is 1. The van der Waals surface area contributed by atoms with Crippen molar-refractivity contribution in [2.24, 2.45) is 0 Å². The summed E-state index contributed by atoms with van der Waals surface area (Å²) in [4.78, 5) is 11.6. The molecule has 0 atom stereocenters. The number of nitrogens with zero attached hydrogens (tertiary/aromatic N) is 2. The molecule has 3 aromatic rings. The third-order valence-electron chi connectivity index (χ3n) is 3.37. The lowest BCUT2D eigenvalue weighted by molar-refractivity contribution is -0.131. The molecule has 0 saturated carbocycles. The Morgan fingerprint density at radius 1 is 1.26 bits per heavy atom. The molecule has 138 valence electrons. The Balaban J connectivity index is 1.88. The van der Waals surface area contributed by atoms with E-state index in [2.05, 4.69) is 26.1 Å². The molecule has 0 aliphatic rings. The SMILES string of the molecule is COc1ccc(Cl)cc1-c1nnc(S/C(=C\c2ccc(Br)cc2)C(=O)O)o1. The van der Waals surface area contributed by atoms with Crippen LogP contribution in [0.5, 0.6) is 5.75 Å². The van der Waals surface area contributed by atoms with Crippen LogP contribution in [0.1, 0.15) is 5.56 Å². The van der Waals surface area contributed by atoms with Gasteiger partial charge in [-0.25, -0.2) is 4.79 Å². The van der Waals surface area contributed by atoms with Gasteiger partial charge in [-0.15, -0.1) is 10.2 Å². The van der Waals surface area contributed by atoms with Crippen LogP contribution in [0.4, 0.5) is 0 Å². The largest absolute Gasteiger partial charge is 0.496 e. The molecule has 1 aromatic heterocycles. The average molecular weight is 468 g/mol. The lowest BCUT2D eigenvalue weighted by atomic mass is 10.2. The molecule has 3 rings (SSSR count). The molecule has 9 heteroatoms. The highest BCUT2D eigenvalue weighted by molar-refractivity contribution is 9.10. The summed E-state index contributed by atoms with van der Waals surface area (Å²) in [6.07, 6.45) is 1.53. The molecule has 0 fully saturated rings. The van der Waals surface area contributed by atoms with Crippen LogP contribution in [0.25, 0.3) is 17.5 Å². The van der Waals surface area contributed by atoms with E-state index in [1.54, 1.807) is 30.3 Å². The maximum atomic E-state index is 11.6. The minimum absolute atomic E-state index is 0.0468. The zero-order valence-corrected chi connectivity index (χ0v) is 17.0. The summed E-state index contributed by atoms with van der Waals surface area (Å²) in [5, 5.41) is 17.9. The van der Waals surface area contributed by atoms with Crippen molar-refractivity contribution < 1.29 is 19.1 Å². The van der Waals surface area contributed by atoms with Gasteiger partial charge in [0.25, 0.3) is 11.1 Å². The van der Waals surface area contributed by atoms with Gasteiger partial charge in [-0.3, -0.25) is 0 Å². The number of ether oxygens (including phenoxy) is 1. The van der Waals surface area contributed by atoms with E-state index in [9.17, 15) is 9.90 Å². The number of halogens is 2. The molecule has 1 heterocycles. The average Bonchev–Trinajstić information content (AvgIpc) is 3.11. The van der Waals surface area contributed by atoms with Crippen LogP contribution in [0.2, 0.25) is 5.02 Å². The van der Waals surface area contributed by atoms with Crippen molar-refractivity contribution in [2.75, 3.05) is 7.11 Å². The summed E-state index contributed by atoms with van der Waals surface area (Å²) in [6, 6.07) is 12.2. The van der Waals surface area contributed by atoms with Gasteiger partial charge in [0.05, 0.1) is 12.7 Å². The number of rotatable bonds is 6. The summed E-state index contributed by atoms with van der Waals surface area (Å²) >= 11 is 10.2. The first kappa shape index (κ1) is 19.5. The Morgan fingerprint density at radius 2 is 2.00 bits per heavy atom. The van der Waals surface area contributed by atoms with E-state index in [1.807, 2.05) is 12.1 Å². The van der Waals surface area contributed by atoms with Gasteiger partial charge in [-0.2, -0.15) is 0 Å². The van der Waals surface area contributed by atoms with Gasteiger partial charge < -0.3 is 14.3 Å². The van der Waals surface area contributed by atoms with Crippen molar-refractivity contribution in [3.05, 3.63) is 62.4 Å². The fourth-order valence-electron chi connectivity index (χ4n) is 2.15. The highest BCUT2D eigenvalue weighted by Gasteiger charge is 2.18. The van der Waals surface area contributed by atoms with Crippen molar-refractivity contribution in [3.8, 4) is 17.2 Å². The summed E-state index contributed by atoms with van der Waals surface area (Å²) in [6.45, 7) is 0. The number of carboxylic acid groups (broad SMARTS) is 1. The third-order valence-corrected chi connectivity index (χ3v) is 4.99. The van der Waals surface area contributed by atoms with Gasteiger partial charge >= 0.3 is 5.97 Å². The standard InChI is InChI=1S/C18H12BrClN2O4S/c1-25-14-7-6-12(20)9-13(14)16-21-22-18(26-16)27-15(17(23)24)8-10-2-4-11(19)5-3-10/h2-9H,1H3,(H,23,24)/b15-8-. The van der Waals surface area contributed by atoms with Gasteiger partial charge in [-0.05, 0) is 53.7 Å². The lowest BCUT2D eigenvalue weighted by Gasteiger charge is -2.04. The van der Waals surface area contributed by atoms with Crippen molar-refractivity contribution in [3.63, 3.8) is 0 Å². The Labute approximate surface area is 172 Å². The number of thioether (sulfide) groups is 1. The van der Waals surface area contributed by atoms with Gasteiger partial charge in [0, 0.05) is 9.50 Å². The van der Waals surface area contributed by atoms with Gasteiger partial charge in [0.1, 0.15) is 10.7 Å². The number of aliphatic carboxylic acids is 1. The number of carbonyl (C=O) groups is 1. The Morgan fingerprint density at radius 3 is 2.67 bits per heavy atom. The molecule has 1 N–H and O–H groups in total. The molecule has 0 saturated heterocycles. The van der Waals surface area contributed by atoms with Crippen molar-refractivity contribution in [2.45, 2.75) is 5.22 Å². The van der Waals surface area contributed by atoms with E-state index in [0.29, 0.717) is 16.3 Å². The van der Waals surface area contributed by atoms with Crippen LogP contribution >= 0.6 is 39.3 Å². The van der Waals surface area contributed by atoms with Crippen LogP contribution in [0.3, 0.4) is 0 Å². The number of hydrogen-bond donors (Lipinski definition) is 1. The van der Waals surface area contributed by atoms with E-state index in [-0.39, 0.29) is 16.0 Å². The molecule has 6 nitrogen and oxygen atoms in total. The number of aromatic nitrogens is 2. The highest BCUT2D eigenvalue weighted by Crippen LogP contribution is 2.35. The van der Waals surface area contributed by atoms with Crippen molar-refractivity contribution in [1.29, 1.82) is 0 Å². The molecule has 0 amide bonds. The lowest BCUT2D eigenvalue weighted by Crippen LogP contribution is -1.96. The fourth-order valence-corrected chi connectivity index (χ4v) is 3.26. The second-order valence-corrected chi connectivity index (χ2v) is 7.53. The van der Waals surface area contributed by atoms with E-state index >= 15 is 0 Å². The first-order chi connectivity index (χ1) is 13.0. The van der Waals surface area contributed by atoms with E-state index in [4.69, 9.17) is 20.8 Å². The number of carboxylic acids is 1. The first-order valence-corrected chi connectivity index (χ1v) is 9.51. The smallest absolute Gasteiger partial charge is 0.342 e. The predicted octanol–water partition coefficient (Wildman–Crippen LogP) is 5.38. The zero-order valence-electron chi connectivity index (χ0n) is 13.8. The van der Waals surface area contributed by atoms with Crippen molar-refractivity contribution in [1.82, 2.24) is 10.2 Å². The van der Waals surface area contributed by atoms with Crippen LogP contribution in [0, 0.1) is 0 Å². The van der Waals surface area contributed by atoms with Crippen LogP contribution in [-0.4, -0.2) is 28.4 Å². The van der Waals surface area contributed by atoms with Gasteiger partial charge in [-0.1, -0.05) is 39.7 Å². The maximum absolute atomic E-state index is 11.6. The van der Waals surface area contributed by atoms with Crippen molar-refractivity contribution >= 4 is 51.3 Å². The van der Waals surface area contributed by atoms with E-state index in [1.165, 1.54) is 13.2 Å². The summed E-state index contributed by atoms with van der Waals surface area (Å²) in [5.74, 6) is -0.392. The zero-order chi connectivity index (χ0) is 19.4. The Hall–Kier alpha value is -2.29. The van der Waals surface area contributed by atoms with E-state index < -0.39 is 5.97 Å². The molecule has 0 radical (unpaired) electrons. The van der Waals surface area contributed by atoms with Gasteiger partial charge in [0.15, 0.2) is 0 Å². The van der Waals surface area contributed by atoms with Gasteiger partial charge in [0.2, 0.25) is 0 Å². The van der Waals surface area contributed by atoms with Crippen LogP contribution in [-0.2, 0) is 4.79 Å². The number of hydrogen-bond acceptors (Lipinski definition) is 6. The second-order valence-electron chi connectivity index (χ2n) is 5.19. The highest BCUT2D eigenvalue weighted by atomic mass is 79.9.